The number of hydrogen-bond donors (Lipinski definition) is 1. The molecule has 5 nitrogen and oxygen atoms in total. The Kier molecular flexibility index (Phi) is 5.07. The highest BCUT2D eigenvalue weighted by molar-refractivity contribution is 9.10. The minimum atomic E-state index is -1.00. The van der Waals surface area contributed by atoms with E-state index < -0.39 is 11.4 Å². The van der Waals surface area contributed by atoms with E-state index in [0.29, 0.717) is 42.5 Å². The Morgan fingerprint density at radius 1 is 1.24 bits per heavy atom. The van der Waals surface area contributed by atoms with Crippen LogP contribution in [0.3, 0.4) is 0 Å². The quantitative estimate of drug-likeness (QED) is 0.670. The molecule has 0 aromatic heterocycles. The Balaban J connectivity index is 1.92. The van der Waals surface area contributed by atoms with Crippen molar-refractivity contribution in [3.05, 3.63) is 51.7 Å². The molecule has 2 aromatic carbocycles. The van der Waals surface area contributed by atoms with Crippen LogP contribution < -0.4 is 15.2 Å². The topological polar surface area (TPSA) is 66.1 Å². The van der Waals surface area contributed by atoms with E-state index in [-0.39, 0.29) is 17.8 Å². The van der Waals surface area contributed by atoms with Gasteiger partial charge in [0.2, 0.25) is 0 Å². The van der Waals surface area contributed by atoms with Gasteiger partial charge in [0.25, 0.3) is 0 Å². The van der Waals surface area contributed by atoms with Crippen molar-refractivity contribution in [1.29, 1.82) is 0 Å². The van der Waals surface area contributed by atoms with E-state index in [1.165, 1.54) is 6.07 Å². The van der Waals surface area contributed by atoms with E-state index in [0.717, 1.165) is 10.0 Å². The highest BCUT2D eigenvalue weighted by atomic mass is 79.9. The standard InChI is InChI=1S/C22H24BrFN2O3/c1-21(2,3)11-28-14-9-16-20(17(24)10-14)29-18-5-4-13(23)8-15(18)22(16)12-27-7-6-19(25)26-22/h4-5,8-10H,6-7,11-12H2,1-3H3,(H2,25,26). The maximum atomic E-state index is 15.1. The summed E-state index contributed by atoms with van der Waals surface area (Å²) < 4.78 is 33.7. The van der Waals surface area contributed by atoms with Crippen LogP contribution in [0.15, 0.2) is 39.8 Å². The van der Waals surface area contributed by atoms with Crippen molar-refractivity contribution in [3.63, 3.8) is 0 Å². The summed E-state index contributed by atoms with van der Waals surface area (Å²) in [6, 6.07) is 8.71. The van der Waals surface area contributed by atoms with Crippen molar-refractivity contribution in [2.24, 2.45) is 16.1 Å². The van der Waals surface area contributed by atoms with Crippen molar-refractivity contribution in [2.45, 2.75) is 32.7 Å². The number of benzene rings is 2. The number of hydrogen-bond acceptors (Lipinski definition) is 5. The lowest BCUT2D eigenvalue weighted by molar-refractivity contribution is 0.106. The van der Waals surface area contributed by atoms with Gasteiger partial charge in [-0.25, -0.2) is 4.39 Å². The summed E-state index contributed by atoms with van der Waals surface area (Å²) in [5, 5.41) is 0. The molecular formula is C22H24BrFN2O3. The first-order chi connectivity index (χ1) is 13.7. The van der Waals surface area contributed by atoms with Crippen LogP contribution in [0.1, 0.15) is 38.3 Å². The van der Waals surface area contributed by atoms with Crippen molar-refractivity contribution in [3.8, 4) is 17.2 Å². The fraction of sp³-hybridized carbons (Fsp3) is 0.409. The zero-order valence-electron chi connectivity index (χ0n) is 16.7. The van der Waals surface area contributed by atoms with Crippen LogP contribution in [-0.2, 0) is 10.3 Å². The molecule has 2 aromatic rings. The minimum Gasteiger partial charge on any atom is -0.493 e. The second-order valence-electron chi connectivity index (χ2n) is 8.64. The third-order valence-electron chi connectivity index (χ3n) is 4.88. The van der Waals surface area contributed by atoms with Crippen molar-refractivity contribution in [2.75, 3.05) is 19.8 Å². The SMILES string of the molecule is CC(C)(C)COc1cc(F)c2c(c1)C1(COCCC(N)=N1)c1cc(Br)ccc1O2. The highest BCUT2D eigenvalue weighted by Crippen LogP contribution is 2.52. The van der Waals surface area contributed by atoms with Gasteiger partial charge in [0.15, 0.2) is 11.6 Å². The summed E-state index contributed by atoms with van der Waals surface area (Å²) >= 11 is 3.52. The number of fused-ring (bicyclic) bond motifs is 4. The zero-order chi connectivity index (χ0) is 20.8. The lowest BCUT2D eigenvalue weighted by Crippen LogP contribution is -2.35. The van der Waals surface area contributed by atoms with Crippen LogP contribution >= 0.6 is 15.9 Å². The van der Waals surface area contributed by atoms with E-state index in [2.05, 4.69) is 36.7 Å². The molecule has 0 radical (unpaired) electrons. The number of halogens is 2. The third-order valence-corrected chi connectivity index (χ3v) is 5.37. The Morgan fingerprint density at radius 3 is 2.79 bits per heavy atom. The summed E-state index contributed by atoms with van der Waals surface area (Å²) in [6.07, 6.45) is 0.518. The number of aliphatic imine (C=N–C) groups is 1. The van der Waals surface area contributed by atoms with Crippen molar-refractivity contribution in [1.82, 2.24) is 0 Å². The van der Waals surface area contributed by atoms with Gasteiger partial charge >= 0.3 is 0 Å². The summed E-state index contributed by atoms with van der Waals surface area (Å²) in [5.41, 5.74) is 6.44. The number of nitrogens with zero attached hydrogens (tertiary/aromatic N) is 1. The molecule has 0 saturated heterocycles. The molecule has 29 heavy (non-hydrogen) atoms. The molecule has 2 aliphatic rings. The normalized spacial score (nSPS) is 20.9. The molecule has 4 rings (SSSR count). The van der Waals surface area contributed by atoms with E-state index in [1.54, 1.807) is 12.1 Å². The second kappa shape index (κ2) is 7.29. The van der Waals surface area contributed by atoms with Crippen LogP contribution in [-0.4, -0.2) is 25.7 Å². The maximum absolute atomic E-state index is 15.1. The maximum Gasteiger partial charge on any atom is 0.169 e. The molecule has 2 aliphatic heterocycles. The van der Waals surface area contributed by atoms with E-state index in [4.69, 9.17) is 24.9 Å². The average molecular weight is 463 g/mol. The van der Waals surface area contributed by atoms with Crippen LogP contribution in [0.4, 0.5) is 4.39 Å². The van der Waals surface area contributed by atoms with Gasteiger partial charge in [0.1, 0.15) is 17.0 Å². The zero-order valence-corrected chi connectivity index (χ0v) is 18.3. The average Bonchev–Trinajstić information content (AvgIpc) is 2.84. The fourth-order valence-electron chi connectivity index (χ4n) is 3.54. The molecule has 0 bridgehead atoms. The number of amidine groups is 1. The van der Waals surface area contributed by atoms with Gasteiger partial charge in [0.05, 0.1) is 25.7 Å². The Labute approximate surface area is 178 Å². The van der Waals surface area contributed by atoms with Crippen molar-refractivity contribution < 1.29 is 18.6 Å². The summed E-state index contributed by atoms with van der Waals surface area (Å²) in [5.74, 6) is 1.05. The molecule has 2 heterocycles. The third kappa shape index (κ3) is 3.85. The molecule has 1 unspecified atom stereocenters. The molecule has 0 aliphatic carbocycles. The summed E-state index contributed by atoms with van der Waals surface area (Å²) in [4.78, 5) is 4.83. The first-order valence-corrected chi connectivity index (χ1v) is 10.3. The van der Waals surface area contributed by atoms with Crippen LogP contribution in [0.25, 0.3) is 0 Å². The molecule has 0 amide bonds. The first-order valence-electron chi connectivity index (χ1n) is 9.55. The van der Waals surface area contributed by atoms with Gasteiger partial charge in [-0.2, -0.15) is 0 Å². The van der Waals surface area contributed by atoms with Gasteiger partial charge in [-0.05, 0) is 29.7 Å². The van der Waals surface area contributed by atoms with Gasteiger partial charge in [-0.1, -0.05) is 36.7 Å². The smallest absolute Gasteiger partial charge is 0.169 e. The molecule has 1 spiro atoms. The highest BCUT2D eigenvalue weighted by Gasteiger charge is 2.45. The first kappa shape index (κ1) is 20.2. The molecule has 1 atom stereocenters. The molecule has 7 heteroatoms. The summed E-state index contributed by atoms with van der Waals surface area (Å²) in [6.45, 7) is 7.32. The fourth-order valence-corrected chi connectivity index (χ4v) is 3.90. The monoisotopic (exact) mass is 462 g/mol. The predicted octanol–water partition coefficient (Wildman–Crippen LogP) is 5.14. The number of ether oxygens (including phenoxy) is 3. The Bertz CT molecular complexity index is 987. The number of rotatable bonds is 2. The Morgan fingerprint density at radius 2 is 2.03 bits per heavy atom. The molecule has 0 fully saturated rings. The van der Waals surface area contributed by atoms with Gasteiger partial charge in [-0.3, -0.25) is 4.99 Å². The van der Waals surface area contributed by atoms with Crippen molar-refractivity contribution >= 4 is 21.8 Å². The lowest BCUT2D eigenvalue weighted by Gasteiger charge is -2.37. The molecule has 154 valence electrons. The van der Waals surface area contributed by atoms with Gasteiger partial charge in [0, 0.05) is 28.1 Å². The predicted molar refractivity (Wildman–Crippen MR) is 113 cm³/mol. The van der Waals surface area contributed by atoms with Gasteiger partial charge < -0.3 is 19.9 Å². The van der Waals surface area contributed by atoms with Gasteiger partial charge in [-0.15, -0.1) is 0 Å². The largest absolute Gasteiger partial charge is 0.493 e. The number of nitrogens with two attached hydrogens (primary N) is 1. The summed E-state index contributed by atoms with van der Waals surface area (Å²) in [7, 11) is 0. The Hall–Kier alpha value is -2.12. The van der Waals surface area contributed by atoms with Crippen LogP contribution in [0, 0.1) is 11.2 Å². The van der Waals surface area contributed by atoms with E-state index in [1.807, 2.05) is 12.1 Å². The molecule has 0 saturated carbocycles. The minimum absolute atomic E-state index is 0.0635. The van der Waals surface area contributed by atoms with E-state index >= 15 is 4.39 Å². The second-order valence-corrected chi connectivity index (χ2v) is 9.56. The van der Waals surface area contributed by atoms with E-state index in [9.17, 15) is 0 Å². The lowest BCUT2D eigenvalue weighted by atomic mass is 9.81. The van der Waals surface area contributed by atoms with Crippen LogP contribution in [0.2, 0.25) is 0 Å². The molecule has 2 N–H and O–H groups in total. The molecular weight excluding hydrogens is 439 g/mol. The van der Waals surface area contributed by atoms with Crippen LogP contribution in [0.5, 0.6) is 17.2 Å².